The number of esters is 1. The molecular weight excluding hydrogens is 398 g/mol. The average Bonchev–Trinajstić information content (AvgIpc) is 2.75. The Kier molecular flexibility index (Phi) is 7.07. The fraction of sp³-hybridized carbons (Fsp3) is 0.292. The van der Waals surface area contributed by atoms with E-state index in [2.05, 4.69) is 5.32 Å². The molecule has 2 aromatic carbocycles. The van der Waals surface area contributed by atoms with Gasteiger partial charge in [-0.15, -0.1) is 0 Å². The first kappa shape index (κ1) is 22.1. The largest absolute Gasteiger partial charge is 0.445 e. The van der Waals surface area contributed by atoms with Gasteiger partial charge in [-0.25, -0.2) is 14.4 Å². The van der Waals surface area contributed by atoms with Gasteiger partial charge in [0.1, 0.15) is 24.0 Å². The van der Waals surface area contributed by atoms with E-state index in [0.717, 1.165) is 16.5 Å². The maximum Gasteiger partial charge on any atom is 0.408 e. The van der Waals surface area contributed by atoms with Crippen molar-refractivity contribution in [3.05, 3.63) is 75.6 Å². The number of ether oxygens (including phenoxy) is 2. The maximum atomic E-state index is 12.7. The summed E-state index contributed by atoms with van der Waals surface area (Å²) in [5.41, 5.74) is 2.06. The number of carbonyl (C=O) groups is 2. The van der Waals surface area contributed by atoms with E-state index in [-0.39, 0.29) is 12.4 Å². The molecule has 0 spiro atoms. The zero-order chi connectivity index (χ0) is 22.4. The van der Waals surface area contributed by atoms with Gasteiger partial charge < -0.3 is 19.2 Å². The molecule has 0 saturated heterocycles. The van der Waals surface area contributed by atoms with E-state index < -0.39 is 23.7 Å². The fourth-order valence-corrected chi connectivity index (χ4v) is 3.23. The summed E-state index contributed by atoms with van der Waals surface area (Å²) in [6, 6.07) is 13.2. The fourth-order valence-electron chi connectivity index (χ4n) is 3.23. The van der Waals surface area contributed by atoms with Gasteiger partial charge in [-0.1, -0.05) is 43.7 Å². The lowest BCUT2D eigenvalue weighted by molar-refractivity contribution is -0.136. The van der Waals surface area contributed by atoms with Crippen LogP contribution < -0.4 is 15.7 Å². The minimum Gasteiger partial charge on any atom is -0.445 e. The summed E-state index contributed by atoms with van der Waals surface area (Å²) in [7, 11) is 0. The van der Waals surface area contributed by atoms with Crippen LogP contribution in [-0.2, 0) is 16.1 Å². The van der Waals surface area contributed by atoms with E-state index in [1.807, 2.05) is 44.2 Å². The molecule has 1 amide bonds. The Balaban J connectivity index is 1.71. The Bertz CT molecular complexity index is 1140. The molecule has 0 fully saturated rings. The highest BCUT2D eigenvalue weighted by molar-refractivity contribution is 5.87. The molecule has 0 saturated carbocycles. The first-order valence-corrected chi connectivity index (χ1v) is 10.1. The summed E-state index contributed by atoms with van der Waals surface area (Å²) in [6.07, 6.45) is 0.347. The van der Waals surface area contributed by atoms with Crippen LogP contribution >= 0.6 is 0 Å². The van der Waals surface area contributed by atoms with Crippen LogP contribution in [0.25, 0.3) is 11.0 Å². The van der Waals surface area contributed by atoms with Crippen LogP contribution in [0.4, 0.5) is 4.79 Å². The molecule has 7 heteroatoms. The molecule has 0 aliphatic rings. The Hall–Kier alpha value is -3.61. The smallest absolute Gasteiger partial charge is 0.408 e. The number of fused-ring (bicyclic) bond motifs is 1. The summed E-state index contributed by atoms with van der Waals surface area (Å²) in [4.78, 5) is 36.7. The third-order valence-corrected chi connectivity index (χ3v) is 4.90. The number of rotatable bonds is 7. The number of amides is 1. The molecule has 1 atom stereocenters. The summed E-state index contributed by atoms with van der Waals surface area (Å²) in [5, 5.41) is 3.34. The van der Waals surface area contributed by atoms with Gasteiger partial charge in [0.15, 0.2) is 0 Å². The molecule has 0 bridgehead atoms. The molecule has 3 rings (SSSR count). The number of hydrogen-bond acceptors (Lipinski definition) is 6. The molecule has 162 valence electrons. The third kappa shape index (κ3) is 5.51. The van der Waals surface area contributed by atoms with Crippen LogP contribution in [0.3, 0.4) is 0 Å². The Morgan fingerprint density at radius 3 is 2.55 bits per heavy atom. The van der Waals surface area contributed by atoms with Crippen molar-refractivity contribution in [3.8, 4) is 5.75 Å². The Labute approximate surface area is 180 Å². The minimum absolute atomic E-state index is 0.0999. The number of alkyl carbamates (subject to hydrolysis) is 1. The second kappa shape index (κ2) is 9.93. The summed E-state index contributed by atoms with van der Waals surface area (Å²) in [6.45, 7) is 5.52. The molecule has 1 unspecified atom stereocenters. The summed E-state index contributed by atoms with van der Waals surface area (Å²) in [5.74, 6) is -0.345. The molecule has 3 aromatic rings. The zero-order valence-corrected chi connectivity index (χ0v) is 17.8. The molecule has 7 nitrogen and oxygen atoms in total. The van der Waals surface area contributed by atoms with Gasteiger partial charge in [0.25, 0.3) is 0 Å². The molecular formula is C24H25NO6. The van der Waals surface area contributed by atoms with Crippen molar-refractivity contribution >= 4 is 23.0 Å². The Morgan fingerprint density at radius 2 is 1.84 bits per heavy atom. The summed E-state index contributed by atoms with van der Waals surface area (Å²) < 4.78 is 16.1. The topological polar surface area (TPSA) is 94.8 Å². The number of carbonyl (C=O) groups excluding carboxylic acids is 2. The van der Waals surface area contributed by atoms with Gasteiger partial charge in [0.05, 0.1) is 0 Å². The standard InChI is InChI=1S/C24H25NO6/c1-4-8-19(25-24(28)29-14-17-9-6-5-7-10-17)23(27)30-20-12-11-18-15(2)13-21(26)31-22(18)16(20)3/h5-7,9-13,19H,4,8,14H2,1-3H3,(H,25,28). The minimum atomic E-state index is -0.868. The first-order valence-electron chi connectivity index (χ1n) is 10.1. The number of hydrogen-bond donors (Lipinski definition) is 1. The van der Waals surface area contributed by atoms with Crippen LogP contribution in [0, 0.1) is 13.8 Å². The van der Waals surface area contributed by atoms with E-state index in [1.54, 1.807) is 19.1 Å². The van der Waals surface area contributed by atoms with Crippen molar-refractivity contribution in [2.24, 2.45) is 0 Å². The van der Waals surface area contributed by atoms with E-state index in [0.29, 0.717) is 24.0 Å². The first-order chi connectivity index (χ1) is 14.9. The second-order valence-electron chi connectivity index (χ2n) is 7.28. The SMILES string of the molecule is CCCC(NC(=O)OCc1ccccc1)C(=O)Oc1ccc2c(C)cc(=O)oc2c1C. The Morgan fingerprint density at radius 1 is 1.10 bits per heavy atom. The number of aryl methyl sites for hydroxylation is 2. The van der Waals surface area contributed by atoms with Crippen molar-refractivity contribution in [2.45, 2.75) is 46.3 Å². The lowest BCUT2D eigenvalue weighted by Crippen LogP contribution is -2.43. The average molecular weight is 423 g/mol. The third-order valence-electron chi connectivity index (χ3n) is 4.90. The highest BCUT2D eigenvalue weighted by Crippen LogP contribution is 2.28. The van der Waals surface area contributed by atoms with E-state index in [9.17, 15) is 14.4 Å². The predicted octanol–water partition coefficient (Wildman–Crippen LogP) is 4.41. The summed E-state index contributed by atoms with van der Waals surface area (Å²) >= 11 is 0. The number of benzene rings is 2. The molecule has 1 aromatic heterocycles. The van der Waals surface area contributed by atoms with E-state index >= 15 is 0 Å². The van der Waals surface area contributed by atoms with Crippen molar-refractivity contribution < 1.29 is 23.5 Å². The van der Waals surface area contributed by atoms with Gasteiger partial charge in [0, 0.05) is 17.0 Å². The van der Waals surface area contributed by atoms with E-state index in [4.69, 9.17) is 13.9 Å². The van der Waals surface area contributed by atoms with Gasteiger partial charge in [-0.05, 0) is 43.5 Å². The van der Waals surface area contributed by atoms with Crippen LogP contribution in [0.15, 0.2) is 57.7 Å². The van der Waals surface area contributed by atoms with Gasteiger partial charge in [-0.3, -0.25) is 0 Å². The molecule has 0 aliphatic heterocycles. The second-order valence-corrected chi connectivity index (χ2v) is 7.28. The monoisotopic (exact) mass is 423 g/mol. The lowest BCUT2D eigenvalue weighted by atomic mass is 10.1. The maximum absolute atomic E-state index is 12.7. The van der Waals surface area contributed by atoms with Crippen LogP contribution in [0.5, 0.6) is 5.75 Å². The van der Waals surface area contributed by atoms with Crippen molar-refractivity contribution in [1.82, 2.24) is 5.32 Å². The van der Waals surface area contributed by atoms with Gasteiger partial charge in [-0.2, -0.15) is 0 Å². The molecule has 0 aliphatic carbocycles. The van der Waals surface area contributed by atoms with E-state index in [1.165, 1.54) is 6.07 Å². The number of nitrogens with one attached hydrogen (secondary N) is 1. The highest BCUT2D eigenvalue weighted by atomic mass is 16.6. The normalized spacial score (nSPS) is 11.7. The van der Waals surface area contributed by atoms with Crippen molar-refractivity contribution in [1.29, 1.82) is 0 Å². The zero-order valence-electron chi connectivity index (χ0n) is 17.8. The molecule has 1 heterocycles. The van der Waals surface area contributed by atoms with Crippen LogP contribution in [0.1, 0.15) is 36.5 Å². The van der Waals surface area contributed by atoms with Gasteiger partial charge in [0.2, 0.25) is 0 Å². The van der Waals surface area contributed by atoms with Crippen LogP contribution in [-0.4, -0.2) is 18.1 Å². The van der Waals surface area contributed by atoms with Crippen molar-refractivity contribution in [2.75, 3.05) is 0 Å². The van der Waals surface area contributed by atoms with Crippen LogP contribution in [0.2, 0.25) is 0 Å². The molecule has 1 N–H and O–H groups in total. The van der Waals surface area contributed by atoms with Gasteiger partial charge >= 0.3 is 17.7 Å². The molecule has 0 radical (unpaired) electrons. The predicted molar refractivity (Wildman–Crippen MR) is 116 cm³/mol. The quantitative estimate of drug-likeness (QED) is 0.344. The van der Waals surface area contributed by atoms with Crippen molar-refractivity contribution in [3.63, 3.8) is 0 Å². The molecule has 31 heavy (non-hydrogen) atoms. The lowest BCUT2D eigenvalue weighted by Gasteiger charge is -2.18. The highest BCUT2D eigenvalue weighted by Gasteiger charge is 2.24.